The molecule has 1 heterocycles. The molecule has 1 atom stereocenters. The Balaban J connectivity index is 1.98. The fraction of sp³-hybridized carbons (Fsp3) is 0.533. The Morgan fingerprint density at radius 1 is 1.40 bits per heavy atom. The van der Waals surface area contributed by atoms with Gasteiger partial charge in [0.1, 0.15) is 0 Å². The molecule has 0 saturated carbocycles. The van der Waals surface area contributed by atoms with Crippen molar-refractivity contribution in [2.75, 3.05) is 25.0 Å². The van der Waals surface area contributed by atoms with E-state index >= 15 is 0 Å². The van der Waals surface area contributed by atoms with Crippen LogP contribution in [0, 0.1) is 5.92 Å². The monoisotopic (exact) mass is 295 g/mol. The molecule has 0 aliphatic carbocycles. The first-order chi connectivity index (χ1) is 9.56. The van der Waals surface area contributed by atoms with Crippen LogP contribution in [-0.4, -0.2) is 36.6 Å². The van der Waals surface area contributed by atoms with Gasteiger partial charge in [0, 0.05) is 29.8 Å². The van der Waals surface area contributed by atoms with Crippen molar-refractivity contribution in [2.45, 2.75) is 26.3 Å². The summed E-state index contributed by atoms with van der Waals surface area (Å²) in [7, 11) is 0. The van der Waals surface area contributed by atoms with E-state index in [1.807, 2.05) is 17.0 Å². The minimum Gasteiger partial charge on any atom is -0.323 e. The number of rotatable bonds is 2. The molecule has 1 aromatic rings. The third-order valence-electron chi connectivity index (χ3n) is 3.62. The summed E-state index contributed by atoms with van der Waals surface area (Å²) < 4.78 is 0. The highest BCUT2D eigenvalue weighted by Crippen LogP contribution is 2.15. The van der Waals surface area contributed by atoms with Gasteiger partial charge in [-0.25, -0.2) is 4.79 Å². The number of urea groups is 1. The predicted octanol–water partition coefficient (Wildman–Crippen LogP) is 3.19. The zero-order valence-electron chi connectivity index (χ0n) is 12.0. The minimum absolute atomic E-state index is 0.0401. The van der Waals surface area contributed by atoms with Crippen molar-refractivity contribution in [1.29, 1.82) is 0 Å². The first-order valence-electron chi connectivity index (χ1n) is 7.11. The van der Waals surface area contributed by atoms with E-state index in [1.165, 1.54) is 0 Å². The molecule has 4 nitrogen and oxygen atoms in total. The lowest BCUT2D eigenvalue weighted by molar-refractivity contribution is 0.206. The summed E-state index contributed by atoms with van der Waals surface area (Å²) >= 11 is 5.84. The van der Waals surface area contributed by atoms with Gasteiger partial charge < -0.3 is 15.5 Å². The van der Waals surface area contributed by atoms with Crippen molar-refractivity contribution in [3.05, 3.63) is 29.3 Å². The number of hydrogen-bond acceptors (Lipinski definition) is 2. The van der Waals surface area contributed by atoms with Crippen LogP contribution in [0.4, 0.5) is 10.5 Å². The molecule has 2 amide bonds. The normalized spacial score (nSPS) is 19.8. The van der Waals surface area contributed by atoms with E-state index in [0.717, 1.165) is 31.7 Å². The van der Waals surface area contributed by atoms with Crippen molar-refractivity contribution in [3.8, 4) is 0 Å². The lowest BCUT2D eigenvalue weighted by atomic mass is 10.0. The molecule has 1 saturated heterocycles. The van der Waals surface area contributed by atoms with Gasteiger partial charge in [-0.2, -0.15) is 0 Å². The summed E-state index contributed by atoms with van der Waals surface area (Å²) in [5.74, 6) is 0.513. The quantitative estimate of drug-likeness (QED) is 0.880. The third kappa shape index (κ3) is 4.12. The highest BCUT2D eigenvalue weighted by atomic mass is 35.5. The van der Waals surface area contributed by atoms with Crippen molar-refractivity contribution in [2.24, 2.45) is 5.92 Å². The lowest BCUT2D eigenvalue weighted by Crippen LogP contribution is -2.44. The smallest absolute Gasteiger partial charge is 0.321 e. The van der Waals surface area contributed by atoms with Crippen LogP contribution >= 0.6 is 11.6 Å². The van der Waals surface area contributed by atoms with Gasteiger partial charge in [-0.05, 0) is 43.1 Å². The second-order valence-corrected chi connectivity index (χ2v) is 5.98. The number of carbonyl (C=O) groups is 1. The number of amides is 2. The van der Waals surface area contributed by atoms with Gasteiger partial charge in [-0.3, -0.25) is 0 Å². The molecule has 1 unspecified atom stereocenters. The van der Waals surface area contributed by atoms with Gasteiger partial charge in [0.2, 0.25) is 0 Å². The van der Waals surface area contributed by atoms with E-state index in [2.05, 4.69) is 24.5 Å². The summed E-state index contributed by atoms with van der Waals surface area (Å²) in [6, 6.07) is 7.50. The molecule has 1 aliphatic rings. The highest BCUT2D eigenvalue weighted by molar-refractivity contribution is 6.30. The number of nitrogens with zero attached hydrogens (tertiary/aromatic N) is 1. The van der Waals surface area contributed by atoms with Crippen LogP contribution in [0.2, 0.25) is 5.02 Å². The average Bonchev–Trinajstić information content (AvgIpc) is 2.67. The van der Waals surface area contributed by atoms with Crippen molar-refractivity contribution in [1.82, 2.24) is 10.2 Å². The van der Waals surface area contributed by atoms with Gasteiger partial charge in [-0.1, -0.05) is 25.4 Å². The molecule has 0 bridgehead atoms. The molecule has 2 rings (SSSR count). The Hall–Kier alpha value is -1.26. The number of benzene rings is 1. The van der Waals surface area contributed by atoms with E-state index in [4.69, 9.17) is 11.6 Å². The van der Waals surface area contributed by atoms with Gasteiger partial charge in [-0.15, -0.1) is 0 Å². The maximum atomic E-state index is 12.3. The first kappa shape index (κ1) is 15.1. The lowest BCUT2D eigenvalue weighted by Gasteiger charge is -2.27. The SMILES string of the molecule is CC(C)C1CN(C(=O)Nc2ccc(Cl)cc2)CCCN1. The summed E-state index contributed by atoms with van der Waals surface area (Å²) in [4.78, 5) is 14.2. The first-order valence-corrected chi connectivity index (χ1v) is 7.49. The number of anilines is 1. The topological polar surface area (TPSA) is 44.4 Å². The Bertz CT molecular complexity index is 447. The zero-order chi connectivity index (χ0) is 14.5. The molecule has 0 spiro atoms. The van der Waals surface area contributed by atoms with Crippen LogP contribution in [0.1, 0.15) is 20.3 Å². The summed E-state index contributed by atoms with van der Waals surface area (Å²) in [6.45, 7) is 6.86. The van der Waals surface area contributed by atoms with E-state index in [9.17, 15) is 4.79 Å². The zero-order valence-corrected chi connectivity index (χ0v) is 12.8. The van der Waals surface area contributed by atoms with E-state index in [0.29, 0.717) is 17.0 Å². The second-order valence-electron chi connectivity index (χ2n) is 5.54. The summed E-state index contributed by atoms with van der Waals surface area (Å²) in [5.41, 5.74) is 0.776. The van der Waals surface area contributed by atoms with Crippen LogP contribution in [0.15, 0.2) is 24.3 Å². The van der Waals surface area contributed by atoms with Crippen LogP contribution in [0.5, 0.6) is 0 Å². The van der Waals surface area contributed by atoms with Crippen molar-refractivity contribution >= 4 is 23.3 Å². The molecule has 0 aromatic heterocycles. The molecule has 0 radical (unpaired) electrons. The second kappa shape index (κ2) is 6.95. The third-order valence-corrected chi connectivity index (χ3v) is 3.87. The van der Waals surface area contributed by atoms with E-state index < -0.39 is 0 Å². The molecular weight excluding hydrogens is 274 g/mol. The standard InChI is InChI=1S/C15H22ClN3O/c1-11(2)14-10-19(9-3-8-17-14)15(20)18-13-6-4-12(16)5-7-13/h4-7,11,14,17H,3,8-10H2,1-2H3,(H,18,20). The van der Waals surface area contributed by atoms with Crippen molar-refractivity contribution < 1.29 is 4.79 Å². The van der Waals surface area contributed by atoms with Gasteiger partial charge in [0.25, 0.3) is 0 Å². The Labute approximate surface area is 125 Å². The number of hydrogen-bond donors (Lipinski definition) is 2. The van der Waals surface area contributed by atoms with E-state index in [1.54, 1.807) is 12.1 Å². The van der Waals surface area contributed by atoms with Gasteiger partial charge in [0.15, 0.2) is 0 Å². The van der Waals surface area contributed by atoms with Crippen LogP contribution in [-0.2, 0) is 0 Å². The predicted molar refractivity (Wildman–Crippen MR) is 83.3 cm³/mol. The molecule has 2 N–H and O–H groups in total. The highest BCUT2D eigenvalue weighted by Gasteiger charge is 2.23. The van der Waals surface area contributed by atoms with Crippen LogP contribution in [0.3, 0.4) is 0 Å². The summed E-state index contributed by atoms with van der Waals surface area (Å²) in [5, 5.41) is 7.09. The van der Waals surface area contributed by atoms with Crippen molar-refractivity contribution in [3.63, 3.8) is 0 Å². The molecule has 1 aromatic carbocycles. The maximum absolute atomic E-state index is 12.3. The average molecular weight is 296 g/mol. The van der Waals surface area contributed by atoms with Crippen LogP contribution < -0.4 is 10.6 Å². The van der Waals surface area contributed by atoms with E-state index in [-0.39, 0.29) is 6.03 Å². The number of carbonyl (C=O) groups excluding carboxylic acids is 1. The fourth-order valence-corrected chi connectivity index (χ4v) is 2.44. The number of nitrogens with one attached hydrogen (secondary N) is 2. The molecule has 1 fully saturated rings. The molecule has 20 heavy (non-hydrogen) atoms. The minimum atomic E-state index is -0.0401. The molecule has 5 heteroatoms. The molecule has 110 valence electrons. The van der Waals surface area contributed by atoms with Gasteiger partial charge in [0.05, 0.1) is 0 Å². The fourth-order valence-electron chi connectivity index (χ4n) is 2.32. The Morgan fingerprint density at radius 3 is 2.75 bits per heavy atom. The summed E-state index contributed by atoms with van der Waals surface area (Å²) in [6.07, 6.45) is 0.983. The largest absolute Gasteiger partial charge is 0.323 e. The van der Waals surface area contributed by atoms with Crippen LogP contribution in [0.25, 0.3) is 0 Å². The van der Waals surface area contributed by atoms with Gasteiger partial charge >= 0.3 is 6.03 Å². The molecular formula is C15H22ClN3O. The number of halogens is 1. The Morgan fingerprint density at radius 2 is 2.10 bits per heavy atom. The maximum Gasteiger partial charge on any atom is 0.321 e. The molecule has 1 aliphatic heterocycles. The Kier molecular flexibility index (Phi) is 5.26.